The van der Waals surface area contributed by atoms with Gasteiger partial charge in [0.1, 0.15) is 0 Å². The molecule has 1 amide bonds. The van der Waals surface area contributed by atoms with Crippen molar-refractivity contribution >= 4 is 34.6 Å². The van der Waals surface area contributed by atoms with Gasteiger partial charge >= 0.3 is 5.97 Å². The Bertz CT molecular complexity index is 691. The molecule has 1 N–H and O–H groups in total. The molecule has 3 rings (SSSR count). The molecular formula is C17H19NO3S2. The van der Waals surface area contributed by atoms with Crippen LogP contribution in [0.1, 0.15) is 39.0 Å². The van der Waals surface area contributed by atoms with E-state index in [1.165, 1.54) is 4.88 Å². The number of hydrogen-bond donors (Lipinski definition) is 1. The summed E-state index contributed by atoms with van der Waals surface area (Å²) in [5.74, 6) is 0.0147. The minimum atomic E-state index is -0.386. The van der Waals surface area contributed by atoms with E-state index in [1.807, 2.05) is 22.9 Å². The van der Waals surface area contributed by atoms with Crippen LogP contribution in [0, 0.1) is 5.92 Å². The Kier molecular flexibility index (Phi) is 5.13. The van der Waals surface area contributed by atoms with Crippen LogP contribution in [-0.2, 0) is 28.9 Å². The van der Waals surface area contributed by atoms with Crippen molar-refractivity contribution < 1.29 is 14.3 Å². The Morgan fingerprint density at radius 3 is 3.04 bits per heavy atom. The van der Waals surface area contributed by atoms with Gasteiger partial charge in [0.2, 0.25) is 0 Å². The highest BCUT2D eigenvalue weighted by molar-refractivity contribution is 7.10. The fourth-order valence-corrected chi connectivity index (χ4v) is 4.59. The van der Waals surface area contributed by atoms with Gasteiger partial charge in [0.15, 0.2) is 6.61 Å². The topological polar surface area (TPSA) is 55.4 Å². The third-order valence-corrected chi connectivity index (χ3v) is 5.92. The first-order valence-electron chi connectivity index (χ1n) is 7.69. The number of amides is 1. The van der Waals surface area contributed by atoms with E-state index in [2.05, 4.69) is 12.2 Å². The van der Waals surface area contributed by atoms with Gasteiger partial charge in [-0.2, -0.15) is 0 Å². The van der Waals surface area contributed by atoms with Gasteiger partial charge in [-0.3, -0.25) is 4.79 Å². The second-order valence-electron chi connectivity index (χ2n) is 5.83. The highest BCUT2D eigenvalue weighted by atomic mass is 32.1. The van der Waals surface area contributed by atoms with E-state index in [1.54, 1.807) is 22.7 Å². The van der Waals surface area contributed by atoms with E-state index in [-0.39, 0.29) is 18.5 Å². The first-order valence-corrected chi connectivity index (χ1v) is 9.45. The summed E-state index contributed by atoms with van der Waals surface area (Å²) in [6.07, 6.45) is 3.06. The summed E-state index contributed by atoms with van der Waals surface area (Å²) in [5, 5.41) is 6.58. The van der Waals surface area contributed by atoms with Gasteiger partial charge in [-0.1, -0.05) is 13.0 Å². The number of carbonyl (C=O) groups is 2. The molecule has 2 heterocycles. The van der Waals surface area contributed by atoms with Crippen molar-refractivity contribution in [1.82, 2.24) is 5.32 Å². The zero-order valence-electron chi connectivity index (χ0n) is 13.0. The smallest absolute Gasteiger partial charge is 0.339 e. The monoisotopic (exact) mass is 349 g/mol. The molecule has 0 aromatic carbocycles. The third kappa shape index (κ3) is 4.00. The van der Waals surface area contributed by atoms with Crippen molar-refractivity contribution in [3.05, 3.63) is 43.8 Å². The van der Waals surface area contributed by atoms with Gasteiger partial charge in [-0.05, 0) is 42.2 Å². The van der Waals surface area contributed by atoms with E-state index < -0.39 is 0 Å². The van der Waals surface area contributed by atoms with Crippen molar-refractivity contribution in [2.24, 2.45) is 5.92 Å². The highest BCUT2D eigenvalue weighted by Crippen LogP contribution is 2.33. The molecule has 0 bridgehead atoms. The first kappa shape index (κ1) is 16.2. The van der Waals surface area contributed by atoms with Crippen LogP contribution >= 0.6 is 22.7 Å². The van der Waals surface area contributed by atoms with Gasteiger partial charge in [0.25, 0.3) is 5.91 Å². The molecular weight excluding hydrogens is 330 g/mol. The lowest BCUT2D eigenvalue weighted by Crippen LogP contribution is -2.28. The average molecular weight is 349 g/mol. The average Bonchev–Trinajstić information content (AvgIpc) is 3.19. The number of esters is 1. The van der Waals surface area contributed by atoms with Crippen molar-refractivity contribution in [1.29, 1.82) is 0 Å². The predicted octanol–water partition coefficient (Wildman–Crippen LogP) is 3.41. The summed E-state index contributed by atoms with van der Waals surface area (Å²) in [7, 11) is 0. The van der Waals surface area contributed by atoms with Crippen LogP contribution in [-0.4, -0.2) is 18.5 Å². The zero-order chi connectivity index (χ0) is 16.2. The Morgan fingerprint density at radius 1 is 1.39 bits per heavy atom. The summed E-state index contributed by atoms with van der Waals surface area (Å²) < 4.78 is 5.17. The normalized spacial score (nSPS) is 16.7. The summed E-state index contributed by atoms with van der Waals surface area (Å²) >= 11 is 3.21. The van der Waals surface area contributed by atoms with Crippen LogP contribution in [0.25, 0.3) is 0 Å². The number of thiophene rings is 2. The first-order chi connectivity index (χ1) is 11.1. The molecule has 0 saturated heterocycles. The molecule has 0 fully saturated rings. The lowest BCUT2D eigenvalue weighted by Gasteiger charge is -2.18. The maximum atomic E-state index is 12.2. The Hall–Kier alpha value is -1.66. The molecule has 0 saturated carbocycles. The summed E-state index contributed by atoms with van der Waals surface area (Å²) in [6.45, 7) is 2.48. The summed E-state index contributed by atoms with van der Waals surface area (Å²) in [6, 6.07) is 3.89. The standard InChI is InChI=1S/C17H19NO3S2/c1-11-4-5-13-14(10-23-15(13)7-11)17(20)21-9-16(19)18-8-12-3-2-6-22-12/h2-3,6,10-11H,4-5,7-9H2,1H3,(H,18,19)/t11-/m0/s1. The van der Waals surface area contributed by atoms with Crippen molar-refractivity contribution in [2.75, 3.05) is 6.61 Å². The van der Waals surface area contributed by atoms with Crippen molar-refractivity contribution in [3.8, 4) is 0 Å². The minimum absolute atomic E-state index is 0.231. The van der Waals surface area contributed by atoms with E-state index in [9.17, 15) is 9.59 Å². The molecule has 0 spiro atoms. The largest absolute Gasteiger partial charge is 0.452 e. The van der Waals surface area contributed by atoms with Crippen LogP contribution in [0.2, 0.25) is 0 Å². The van der Waals surface area contributed by atoms with E-state index in [0.29, 0.717) is 18.0 Å². The quantitative estimate of drug-likeness (QED) is 0.842. The molecule has 2 aromatic heterocycles. The molecule has 1 aliphatic rings. The number of ether oxygens (including phenoxy) is 1. The maximum Gasteiger partial charge on any atom is 0.339 e. The predicted molar refractivity (Wildman–Crippen MR) is 92.0 cm³/mol. The highest BCUT2D eigenvalue weighted by Gasteiger charge is 2.24. The summed E-state index contributed by atoms with van der Waals surface area (Å²) in [4.78, 5) is 26.3. The number of rotatable bonds is 5. The molecule has 1 aliphatic carbocycles. The molecule has 0 aliphatic heterocycles. The maximum absolute atomic E-state index is 12.2. The van der Waals surface area contributed by atoms with Gasteiger partial charge in [0.05, 0.1) is 12.1 Å². The molecule has 122 valence electrons. The second-order valence-corrected chi connectivity index (χ2v) is 7.83. The number of fused-ring (bicyclic) bond motifs is 1. The summed E-state index contributed by atoms with van der Waals surface area (Å²) in [5.41, 5.74) is 1.76. The fourth-order valence-electron chi connectivity index (χ4n) is 2.71. The van der Waals surface area contributed by atoms with Crippen LogP contribution in [0.15, 0.2) is 22.9 Å². The van der Waals surface area contributed by atoms with Gasteiger partial charge < -0.3 is 10.1 Å². The van der Waals surface area contributed by atoms with Gasteiger partial charge in [-0.15, -0.1) is 22.7 Å². The van der Waals surface area contributed by atoms with Crippen LogP contribution < -0.4 is 5.32 Å². The molecule has 0 radical (unpaired) electrons. The SMILES string of the molecule is C[C@H]1CCc2c(C(=O)OCC(=O)NCc3cccs3)csc2C1. The van der Waals surface area contributed by atoms with Crippen LogP contribution in [0.4, 0.5) is 0 Å². The second kappa shape index (κ2) is 7.27. The number of carbonyl (C=O) groups excluding carboxylic acids is 2. The van der Waals surface area contributed by atoms with E-state index >= 15 is 0 Å². The van der Waals surface area contributed by atoms with Crippen molar-refractivity contribution in [3.63, 3.8) is 0 Å². The van der Waals surface area contributed by atoms with Crippen molar-refractivity contribution in [2.45, 2.75) is 32.7 Å². The molecule has 6 heteroatoms. The van der Waals surface area contributed by atoms with Gasteiger partial charge in [-0.25, -0.2) is 4.79 Å². The molecule has 1 atom stereocenters. The molecule has 0 unspecified atom stereocenters. The van der Waals surface area contributed by atoms with Gasteiger partial charge in [0, 0.05) is 15.1 Å². The lowest BCUT2D eigenvalue weighted by molar-refractivity contribution is -0.124. The molecule has 23 heavy (non-hydrogen) atoms. The number of nitrogens with one attached hydrogen (secondary N) is 1. The minimum Gasteiger partial charge on any atom is -0.452 e. The van der Waals surface area contributed by atoms with Crippen LogP contribution in [0.5, 0.6) is 0 Å². The Labute approximate surface area is 143 Å². The Balaban J connectivity index is 1.50. The zero-order valence-corrected chi connectivity index (χ0v) is 14.6. The lowest BCUT2D eigenvalue weighted by atomic mass is 9.88. The van der Waals surface area contributed by atoms with E-state index in [4.69, 9.17) is 4.74 Å². The molecule has 2 aromatic rings. The fraction of sp³-hybridized carbons (Fsp3) is 0.412. The number of hydrogen-bond acceptors (Lipinski definition) is 5. The Morgan fingerprint density at radius 2 is 2.26 bits per heavy atom. The third-order valence-electron chi connectivity index (χ3n) is 4.00. The molecule has 4 nitrogen and oxygen atoms in total. The van der Waals surface area contributed by atoms with E-state index in [0.717, 1.165) is 29.7 Å². The van der Waals surface area contributed by atoms with Crippen LogP contribution in [0.3, 0.4) is 0 Å².